The molecule has 3 aromatic rings. The van der Waals surface area contributed by atoms with Crippen LogP contribution in [0.3, 0.4) is 0 Å². The minimum absolute atomic E-state index is 0.0194. The van der Waals surface area contributed by atoms with Gasteiger partial charge in [-0.15, -0.1) is 33.3 Å². The maximum Gasteiger partial charge on any atom is 0.338 e. The van der Waals surface area contributed by atoms with E-state index < -0.39 is 17.4 Å². The van der Waals surface area contributed by atoms with Crippen molar-refractivity contribution in [3.63, 3.8) is 0 Å². The number of rotatable bonds is 12. The van der Waals surface area contributed by atoms with Gasteiger partial charge in [-0.05, 0) is 12.1 Å². The summed E-state index contributed by atoms with van der Waals surface area (Å²) in [4.78, 5) is 55.2. The van der Waals surface area contributed by atoms with E-state index in [-0.39, 0.29) is 54.2 Å². The van der Waals surface area contributed by atoms with Crippen molar-refractivity contribution in [2.45, 2.75) is 26.5 Å². The molecule has 0 radical (unpaired) electrons. The first-order valence-corrected chi connectivity index (χ1v) is 16.9. The first-order chi connectivity index (χ1) is 19.7. The Morgan fingerprint density at radius 2 is 1.95 bits per heavy atom. The molecule has 0 saturated carbocycles. The Labute approximate surface area is 255 Å². The lowest BCUT2D eigenvalue weighted by Gasteiger charge is -2.53. The van der Waals surface area contributed by atoms with E-state index in [2.05, 4.69) is 20.5 Å². The molecule has 12 nitrogen and oxygen atoms in total. The van der Waals surface area contributed by atoms with Gasteiger partial charge in [0.25, 0.3) is 0 Å². The van der Waals surface area contributed by atoms with Crippen LogP contribution in [-0.4, -0.2) is 90.8 Å². The lowest BCUT2D eigenvalue weighted by atomic mass is 9.89. The van der Waals surface area contributed by atoms with Gasteiger partial charge in [-0.3, -0.25) is 14.4 Å². The standard InChI is InChI=1S/C24H24N6O6S5/c25-21-26-14(9-38-21)8-15(31)27-16-17(32)30-10-24(20(34)35,11-39-18(16)30)12-40-23-29-28-22(41-23)37-7-6-36-19(33)13-4-2-1-3-5-13/h1-5,9,16,18H,6-8,10-12H2,(H2,25,26)(H,27,31)(H,34,35)/t16?,18-,24?/m1/s1. The molecule has 0 spiro atoms. The molecule has 5 rings (SSSR count). The van der Waals surface area contributed by atoms with E-state index in [1.54, 1.807) is 29.6 Å². The van der Waals surface area contributed by atoms with Crippen LogP contribution in [0.4, 0.5) is 5.13 Å². The van der Waals surface area contributed by atoms with Crippen LogP contribution in [0.2, 0.25) is 0 Å². The number of esters is 1. The number of aromatic nitrogens is 3. The first kappa shape index (κ1) is 29.6. The molecule has 2 aliphatic heterocycles. The van der Waals surface area contributed by atoms with Crippen LogP contribution in [0.15, 0.2) is 44.4 Å². The second-order valence-corrected chi connectivity index (χ2v) is 14.7. The van der Waals surface area contributed by atoms with Gasteiger partial charge in [0, 0.05) is 29.2 Å². The Bertz CT molecular complexity index is 1440. The number of ether oxygens (including phenoxy) is 1. The number of hydrogen-bond donors (Lipinski definition) is 3. The highest BCUT2D eigenvalue weighted by Crippen LogP contribution is 2.45. The number of nitrogen functional groups attached to an aromatic ring is 1. The van der Waals surface area contributed by atoms with E-state index in [4.69, 9.17) is 10.5 Å². The zero-order valence-corrected chi connectivity index (χ0v) is 25.3. The maximum absolute atomic E-state index is 12.8. The minimum Gasteiger partial charge on any atom is -0.481 e. The molecule has 216 valence electrons. The largest absolute Gasteiger partial charge is 0.481 e. The zero-order valence-electron chi connectivity index (χ0n) is 21.3. The van der Waals surface area contributed by atoms with Gasteiger partial charge in [0.2, 0.25) is 11.8 Å². The van der Waals surface area contributed by atoms with Crippen molar-refractivity contribution in [2.75, 3.05) is 36.1 Å². The number of nitrogens with one attached hydrogen (secondary N) is 1. The summed E-state index contributed by atoms with van der Waals surface area (Å²) < 4.78 is 6.57. The number of carbonyl (C=O) groups excluding carboxylic acids is 3. The van der Waals surface area contributed by atoms with Crippen molar-refractivity contribution in [1.82, 2.24) is 25.4 Å². The Balaban J connectivity index is 1.08. The molecule has 41 heavy (non-hydrogen) atoms. The third-order valence-electron chi connectivity index (χ3n) is 6.24. The Hall–Kier alpha value is -2.86. The summed E-state index contributed by atoms with van der Waals surface area (Å²) in [6, 6.07) is 8.05. The number of carbonyl (C=O) groups is 4. The van der Waals surface area contributed by atoms with Crippen molar-refractivity contribution in [2.24, 2.45) is 5.41 Å². The van der Waals surface area contributed by atoms with E-state index in [1.165, 1.54) is 62.9 Å². The fourth-order valence-electron chi connectivity index (χ4n) is 4.13. The van der Waals surface area contributed by atoms with Crippen LogP contribution in [0.5, 0.6) is 0 Å². The zero-order chi connectivity index (χ0) is 29.0. The van der Waals surface area contributed by atoms with Crippen molar-refractivity contribution in [3.8, 4) is 0 Å². The summed E-state index contributed by atoms with van der Waals surface area (Å²) in [5, 5.41) is 22.9. The second kappa shape index (κ2) is 13.0. The van der Waals surface area contributed by atoms with Crippen LogP contribution < -0.4 is 11.1 Å². The monoisotopic (exact) mass is 652 g/mol. The van der Waals surface area contributed by atoms with Gasteiger partial charge in [-0.1, -0.05) is 53.1 Å². The van der Waals surface area contributed by atoms with E-state index in [0.29, 0.717) is 30.8 Å². The number of β-lactam (4-membered cyclic amide) rings is 1. The highest BCUT2D eigenvalue weighted by molar-refractivity contribution is 8.03. The van der Waals surface area contributed by atoms with Gasteiger partial charge in [0.1, 0.15) is 23.4 Å². The molecule has 0 aliphatic carbocycles. The number of benzene rings is 1. The lowest BCUT2D eigenvalue weighted by molar-refractivity contribution is -0.157. The number of nitrogens with zero attached hydrogens (tertiary/aromatic N) is 4. The van der Waals surface area contributed by atoms with E-state index >= 15 is 0 Å². The number of hydrogen-bond acceptors (Lipinski definition) is 14. The molecule has 2 amide bonds. The molecule has 2 aromatic heterocycles. The third-order valence-corrected chi connectivity index (χ3v) is 12.0. The quantitative estimate of drug-likeness (QED) is 0.113. The van der Waals surface area contributed by atoms with E-state index in [9.17, 15) is 24.3 Å². The number of nitrogens with two attached hydrogens (primary N) is 1. The highest BCUT2D eigenvalue weighted by atomic mass is 32.2. The number of amides is 2. The number of carboxylic acid groups (broad SMARTS) is 1. The second-order valence-electron chi connectivity index (χ2n) is 9.13. The van der Waals surface area contributed by atoms with Crippen molar-refractivity contribution >= 4 is 86.8 Å². The molecule has 4 heterocycles. The average Bonchev–Trinajstić information content (AvgIpc) is 3.61. The van der Waals surface area contributed by atoms with Gasteiger partial charge in [-0.2, -0.15) is 0 Å². The summed E-state index contributed by atoms with van der Waals surface area (Å²) in [5.74, 6) is -1.01. The first-order valence-electron chi connectivity index (χ1n) is 12.2. The molecular weight excluding hydrogens is 629 g/mol. The van der Waals surface area contributed by atoms with Crippen LogP contribution in [0, 0.1) is 5.41 Å². The van der Waals surface area contributed by atoms with Crippen LogP contribution in [-0.2, 0) is 25.5 Å². The van der Waals surface area contributed by atoms with Crippen molar-refractivity contribution in [3.05, 3.63) is 47.0 Å². The Morgan fingerprint density at radius 3 is 2.66 bits per heavy atom. The van der Waals surface area contributed by atoms with Crippen LogP contribution in [0.1, 0.15) is 16.1 Å². The molecule has 1 aromatic carbocycles. The van der Waals surface area contributed by atoms with Crippen molar-refractivity contribution in [1.29, 1.82) is 0 Å². The maximum atomic E-state index is 12.8. The average molecular weight is 653 g/mol. The number of anilines is 1. The van der Waals surface area contributed by atoms with Crippen LogP contribution in [0.25, 0.3) is 0 Å². The van der Waals surface area contributed by atoms with E-state index in [0.717, 1.165) is 0 Å². The van der Waals surface area contributed by atoms with Crippen LogP contribution >= 0.6 is 58.0 Å². The molecule has 2 saturated heterocycles. The smallest absolute Gasteiger partial charge is 0.338 e. The molecule has 17 heteroatoms. The fourth-order valence-corrected chi connectivity index (χ4v) is 9.47. The van der Waals surface area contributed by atoms with Gasteiger partial charge >= 0.3 is 11.9 Å². The summed E-state index contributed by atoms with van der Waals surface area (Å²) in [6.07, 6.45) is 0.0194. The Kier molecular flexibility index (Phi) is 9.38. The summed E-state index contributed by atoms with van der Waals surface area (Å²) in [7, 11) is 0. The minimum atomic E-state index is -1.17. The van der Waals surface area contributed by atoms with Gasteiger partial charge in [-0.25, -0.2) is 9.78 Å². The number of thioether (sulfide) groups is 3. The molecule has 0 bridgehead atoms. The molecule has 2 unspecified atom stereocenters. The summed E-state index contributed by atoms with van der Waals surface area (Å²) in [6.45, 7) is 0.264. The fraction of sp³-hybridized carbons (Fsp3) is 0.375. The summed E-state index contributed by atoms with van der Waals surface area (Å²) >= 11 is 6.61. The van der Waals surface area contributed by atoms with E-state index in [1.807, 2.05) is 6.07 Å². The molecule has 2 aliphatic rings. The molecule has 3 atom stereocenters. The highest BCUT2D eigenvalue weighted by Gasteiger charge is 2.57. The van der Waals surface area contributed by atoms with Crippen molar-refractivity contribution < 1.29 is 29.0 Å². The number of carboxylic acids is 1. The van der Waals surface area contributed by atoms with Gasteiger partial charge in [0.05, 0.1) is 17.7 Å². The van der Waals surface area contributed by atoms with Gasteiger partial charge < -0.3 is 25.8 Å². The SMILES string of the molecule is Nc1nc(CC(=O)NC2C(=O)N3CC(CSc4nnc(SCCOC(=O)c5ccccc5)s4)(C(=O)O)CS[C@H]23)cs1. The topological polar surface area (TPSA) is 178 Å². The molecule has 4 N–H and O–H groups in total. The normalized spacial score (nSPS) is 21.6. The third kappa shape index (κ3) is 6.97. The predicted octanol–water partition coefficient (Wildman–Crippen LogP) is 2.33. The van der Waals surface area contributed by atoms with Gasteiger partial charge in [0.15, 0.2) is 13.8 Å². The number of fused-ring (bicyclic) bond motifs is 1. The number of aliphatic carboxylic acids is 1. The predicted molar refractivity (Wildman–Crippen MR) is 158 cm³/mol. The lowest BCUT2D eigenvalue weighted by Crippen LogP contribution is -2.74. The molecule has 2 fully saturated rings. The summed E-state index contributed by atoms with van der Waals surface area (Å²) in [5.41, 5.74) is 5.47. The number of thiazole rings is 1. The Morgan fingerprint density at radius 1 is 1.20 bits per heavy atom. The molecular formula is C24H24N6O6S5.